The number of nitrogens with zero attached hydrogens (tertiary/aromatic N) is 1. The summed E-state index contributed by atoms with van der Waals surface area (Å²) in [4.78, 5) is 0. The number of hydrogen-bond acceptors (Lipinski definition) is 1. The summed E-state index contributed by atoms with van der Waals surface area (Å²) in [5.74, 6) is 0. The molecule has 0 saturated heterocycles. The van der Waals surface area contributed by atoms with Gasteiger partial charge in [0.25, 0.3) is 0 Å². The molecule has 8 aromatic rings. The molecule has 0 fully saturated rings. The zero-order valence-corrected chi connectivity index (χ0v) is 23.2. The van der Waals surface area contributed by atoms with Crippen molar-refractivity contribution in [1.82, 2.24) is 4.57 Å². The smallest absolute Gasteiger partial charge is 0.0548 e. The van der Waals surface area contributed by atoms with Gasteiger partial charge in [0, 0.05) is 42.2 Å². The van der Waals surface area contributed by atoms with Crippen LogP contribution in [0.4, 0.5) is 0 Å². The number of rotatable bonds is 4. The van der Waals surface area contributed by atoms with Gasteiger partial charge in [0.2, 0.25) is 0 Å². The molecule has 1 aliphatic rings. The van der Waals surface area contributed by atoms with Crippen molar-refractivity contribution in [1.29, 1.82) is 0 Å². The first-order chi connectivity index (χ1) is 20.3. The fourth-order valence-corrected chi connectivity index (χ4v) is 8.02. The van der Waals surface area contributed by atoms with E-state index in [-0.39, 0.29) is 0 Å². The highest BCUT2D eigenvalue weighted by Crippen LogP contribution is 2.41. The highest BCUT2D eigenvalue weighted by molar-refractivity contribution is 7.26. The van der Waals surface area contributed by atoms with Crippen molar-refractivity contribution >= 4 is 76.2 Å². The Kier molecular flexibility index (Phi) is 4.92. The molecule has 2 heteroatoms. The van der Waals surface area contributed by atoms with E-state index in [1.54, 1.807) is 0 Å². The molecule has 41 heavy (non-hydrogen) atoms. The van der Waals surface area contributed by atoms with Crippen LogP contribution in [-0.4, -0.2) is 4.57 Å². The molecule has 0 radical (unpaired) electrons. The maximum absolute atomic E-state index is 3.34. The van der Waals surface area contributed by atoms with Gasteiger partial charge in [0.15, 0.2) is 0 Å². The number of hydrogen-bond donors (Lipinski definition) is 0. The average Bonchev–Trinajstić information content (AvgIpc) is 3.74. The summed E-state index contributed by atoms with van der Waals surface area (Å²) < 4.78 is 5.24. The minimum absolute atomic E-state index is 1.02. The normalized spacial score (nSPS) is 12.5. The van der Waals surface area contributed by atoms with Gasteiger partial charge in [-0.25, -0.2) is 0 Å². The van der Waals surface area contributed by atoms with Gasteiger partial charge in [-0.2, -0.15) is 0 Å². The van der Waals surface area contributed by atoms with E-state index in [9.17, 15) is 0 Å². The van der Waals surface area contributed by atoms with Crippen molar-refractivity contribution in [3.8, 4) is 5.69 Å². The van der Waals surface area contributed by atoms with Gasteiger partial charge in [-0.3, -0.25) is 0 Å². The number of aromatic nitrogens is 1. The third kappa shape index (κ3) is 3.42. The third-order valence-corrected chi connectivity index (χ3v) is 9.99. The van der Waals surface area contributed by atoms with E-state index in [0.29, 0.717) is 0 Å². The molecule has 1 aliphatic carbocycles. The molecular weight excluding hydrogens is 515 g/mol. The number of fused-ring (bicyclic) bond motifs is 10. The Morgan fingerprint density at radius 2 is 1.37 bits per heavy atom. The van der Waals surface area contributed by atoms with Crippen LogP contribution in [0.2, 0.25) is 0 Å². The van der Waals surface area contributed by atoms with Gasteiger partial charge in [-0.1, -0.05) is 84.9 Å². The monoisotopic (exact) mass is 539 g/mol. The van der Waals surface area contributed by atoms with Crippen LogP contribution < -0.4 is 0 Å². The molecular formula is C39H25NS. The predicted octanol–water partition coefficient (Wildman–Crippen LogP) is 10.7. The second kappa shape index (κ2) is 8.81. The van der Waals surface area contributed by atoms with E-state index in [1.165, 1.54) is 80.7 Å². The Labute approximate surface area is 241 Å². The molecule has 0 unspecified atom stereocenters. The third-order valence-electron chi connectivity index (χ3n) is 8.73. The van der Waals surface area contributed by atoms with Crippen LogP contribution in [0.25, 0.3) is 70.6 Å². The highest BCUT2D eigenvalue weighted by atomic mass is 32.1. The van der Waals surface area contributed by atoms with Crippen molar-refractivity contribution in [3.05, 3.63) is 143 Å². The molecule has 0 saturated carbocycles. The molecule has 2 heterocycles. The molecule has 0 N–H and O–H groups in total. The van der Waals surface area contributed by atoms with Crippen molar-refractivity contribution < 1.29 is 0 Å². The summed E-state index contributed by atoms with van der Waals surface area (Å²) in [7, 11) is 0. The lowest BCUT2D eigenvalue weighted by Crippen LogP contribution is -1.96. The number of aryl methyl sites for hydroxylation is 2. The second-order valence-corrected chi connectivity index (χ2v) is 12.0. The summed E-state index contributed by atoms with van der Waals surface area (Å²) in [6.07, 6.45) is 6.30. The zero-order chi connectivity index (χ0) is 26.9. The van der Waals surface area contributed by atoms with Crippen molar-refractivity contribution in [2.24, 2.45) is 0 Å². The van der Waals surface area contributed by atoms with Crippen LogP contribution >= 0.6 is 11.3 Å². The van der Waals surface area contributed by atoms with Gasteiger partial charge in [0.1, 0.15) is 0 Å². The van der Waals surface area contributed by atoms with Crippen LogP contribution in [-0.2, 0) is 12.8 Å². The van der Waals surface area contributed by atoms with Gasteiger partial charge in [0.05, 0.1) is 11.0 Å². The molecule has 0 spiro atoms. The fraction of sp³-hybridized carbons (Fsp3) is 0.0513. The summed E-state index contributed by atoms with van der Waals surface area (Å²) in [6, 6.07) is 42.6. The first kappa shape index (κ1) is 22.9. The second-order valence-electron chi connectivity index (χ2n) is 11.0. The molecule has 1 nitrogen and oxygen atoms in total. The van der Waals surface area contributed by atoms with E-state index in [2.05, 4.69) is 138 Å². The summed E-state index contributed by atoms with van der Waals surface area (Å²) in [5.41, 5.74) is 12.4. The van der Waals surface area contributed by atoms with Gasteiger partial charge in [-0.05, 0) is 82.8 Å². The molecule has 0 bridgehead atoms. The van der Waals surface area contributed by atoms with E-state index < -0.39 is 0 Å². The van der Waals surface area contributed by atoms with E-state index in [4.69, 9.17) is 0 Å². The van der Waals surface area contributed by atoms with Gasteiger partial charge < -0.3 is 4.57 Å². The maximum atomic E-state index is 3.34. The Morgan fingerprint density at radius 3 is 2.29 bits per heavy atom. The lowest BCUT2D eigenvalue weighted by molar-refractivity contribution is 0.969. The summed E-state index contributed by atoms with van der Waals surface area (Å²) in [6.45, 7) is 0. The molecule has 9 rings (SSSR count). The van der Waals surface area contributed by atoms with Crippen LogP contribution in [0.15, 0.2) is 121 Å². The number of thiophene rings is 1. The summed E-state index contributed by atoms with van der Waals surface area (Å²) >= 11 is 1.92. The quantitative estimate of drug-likeness (QED) is 0.196. The topological polar surface area (TPSA) is 4.93 Å². The minimum Gasteiger partial charge on any atom is -0.309 e. The highest BCUT2D eigenvalue weighted by Gasteiger charge is 2.19. The Hall–Kier alpha value is -4.88. The fourth-order valence-electron chi connectivity index (χ4n) is 6.78. The molecule has 6 aromatic carbocycles. The van der Waals surface area contributed by atoms with Crippen LogP contribution in [0.1, 0.15) is 22.3 Å². The zero-order valence-electron chi connectivity index (χ0n) is 22.4. The first-order valence-corrected chi connectivity index (χ1v) is 15.0. The largest absolute Gasteiger partial charge is 0.309 e. The minimum atomic E-state index is 1.02. The SMILES string of the molecule is C1=Cc2ccc3c(c2C=1)c1c2ccccc2ccc1n3-c1ccc(CCc2cccc3c2sc2ccccc23)cc1. The lowest BCUT2D eigenvalue weighted by atomic mass is 9.99. The van der Waals surface area contributed by atoms with Crippen LogP contribution in [0.5, 0.6) is 0 Å². The van der Waals surface area contributed by atoms with E-state index in [1.807, 2.05) is 11.3 Å². The van der Waals surface area contributed by atoms with Crippen molar-refractivity contribution in [2.75, 3.05) is 0 Å². The van der Waals surface area contributed by atoms with Crippen LogP contribution in [0.3, 0.4) is 0 Å². The average molecular weight is 540 g/mol. The predicted molar refractivity (Wildman–Crippen MR) is 177 cm³/mol. The molecule has 2 aromatic heterocycles. The van der Waals surface area contributed by atoms with Crippen LogP contribution in [0, 0.1) is 0 Å². The van der Waals surface area contributed by atoms with E-state index in [0.717, 1.165) is 12.8 Å². The molecule has 0 amide bonds. The van der Waals surface area contributed by atoms with Gasteiger partial charge in [-0.15, -0.1) is 17.1 Å². The lowest BCUT2D eigenvalue weighted by Gasteiger charge is -2.10. The Bertz CT molecular complexity index is 2390. The van der Waals surface area contributed by atoms with Crippen molar-refractivity contribution in [3.63, 3.8) is 0 Å². The van der Waals surface area contributed by atoms with E-state index >= 15 is 0 Å². The Balaban J connectivity index is 1.13. The summed E-state index contributed by atoms with van der Waals surface area (Å²) in [5, 5.41) is 7.97. The standard InChI is InChI=1S/C39H25NS/c1-2-10-30-26(7-1)19-23-34-37(30)38-31-12-5-8-27(31)20-24-35(38)40(34)29-21-16-25(17-22-29)15-18-28-9-6-13-33-32-11-3-4-14-36(32)41-39(28)33/h1-4,6-14,16-17,19-24H,15,18H2. The molecule has 0 atom stereocenters. The van der Waals surface area contributed by atoms with Gasteiger partial charge >= 0.3 is 0 Å². The Morgan fingerprint density at radius 1 is 0.585 bits per heavy atom. The molecule has 0 aliphatic heterocycles. The molecule has 192 valence electrons. The number of benzene rings is 6. The van der Waals surface area contributed by atoms with Crippen molar-refractivity contribution in [2.45, 2.75) is 12.8 Å². The first-order valence-electron chi connectivity index (χ1n) is 14.2. The maximum Gasteiger partial charge on any atom is 0.0548 e.